The molecular weight excluding hydrogens is 471 g/mol. The number of pyridine rings is 2. The summed E-state index contributed by atoms with van der Waals surface area (Å²) in [6, 6.07) is 5.94. The Kier molecular flexibility index (Phi) is 7.15. The predicted molar refractivity (Wildman–Crippen MR) is 129 cm³/mol. The van der Waals surface area contributed by atoms with Gasteiger partial charge in [0.15, 0.2) is 0 Å². The molecule has 0 radical (unpaired) electrons. The number of benzene rings is 1. The molecule has 1 aliphatic heterocycles. The Morgan fingerprint density at radius 3 is 2.44 bits per heavy atom. The third-order valence-corrected chi connectivity index (χ3v) is 6.19. The van der Waals surface area contributed by atoms with Gasteiger partial charge >= 0.3 is 0 Å². The summed E-state index contributed by atoms with van der Waals surface area (Å²) in [5.74, 6) is -3.62. The number of rotatable bonds is 4. The molecule has 3 aromatic rings. The molecule has 3 unspecified atom stereocenters. The summed E-state index contributed by atoms with van der Waals surface area (Å²) in [6.07, 6.45) is 2.67. The Hall–Kier alpha value is -3.30. The van der Waals surface area contributed by atoms with E-state index in [1.54, 1.807) is 12.3 Å². The van der Waals surface area contributed by atoms with E-state index in [1.165, 1.54) is 13.1 Å². The van der Waals surface area contributed by atoms with Crippen molar-refractivity contribution in [2.75, 3.05) is 5.32 Å². The molecule has 9 heteroatoms. The van der Waals surface area contributed by atoms with Gasteiger partial charge in [0.2, 0.25) is 0 Å². The standard InChI is InChI=1S/C27H28F3N3O3/c1-14-11-17(29)23(18(30)12-14)24-16(28)5-6-19(32-24)26(35)33-20-13-31-10-9-15(20)22-8-7-21(34)25(36-22)27(2,3)4/h5-6,9-13,21-22,25,34H,7-8H2,1-4H3,(H,33,35). The molecule has 0 aliphatic carbocycles. The Labute approximate surface area is 207 Å². The van der Waals surface area contributed by atoms with Crippen LogP contribution in [0.4, 0.5) is 18.9 Å². The lowest BCUT2D eigenvalue weighted by atomic mass is 9.81. The largest absolute Gasteiger partial charge is 0.390 e. The fourth-order valence-electron chi connectivity index (χ4n) is 4.47. The van der Waals surface area contributed by atoms with Crippen molar-refractivity contribution in [3.05, 3.63) is 77.0 Å². The number of nitrogens with one attached hydrogen (secondary N) is 1. The molecule has 1 saturated heterocycles. The number of aryl methyl sites for hydroxylation is 1. The molecule has 1 fully saturated rings. The number of ether oxygens (including phenoxy) is 1. The Bertz CT molecular complexity index is 1270. The number of amides is 1. The van der Waals surface area contributed by atoms with Gasteiger partial charge in [-0.25, -0.2) is 18.2 Å². The molecule has 36 heavy (non-hydrogen) atoms. The van der Waals surface area contributed by atoms with Gasteiger partial charge in [0.05, 0.1) is 35.8 Å². The molecule has 1 aromatic carbocycles. The zero-order chi connectivity index (χ0) is 26.2. The smallest absolute Gasteiger partial charge is 0.274 e. The van der Waals surface area contributed by atoms with Crippen LogP contribution in [0.2, 0.25) is 0 Å². The molecule has 0 saturated carbocycles. The molecular formula is C27H28F3N3O3. The molecule has 0 bridgehead atoms. The highest BCUT2D eigenvalue weighted by atomic mass is 19.1. The monoisotopic (exact) mass is 499 g/mol. The number of aliphatic hydroxyl groups excluding tert-OH is 1. The number of halogens is 3. The summed E-state index contributed by atoms with van der Waals surface area (Å²) in [7, 11) is 0. The van der Waals surface area contributed by atoms with Gasteiger partial charge in [-0.15, -0.1) is 0 Å². The molecule has 0 spiro atoms. The first-order valence-electron chi connectivity index (χ1n) is 11.7. The maximum atomic E-state index is 14.5. The first-order chi connectivity index (χ1) is 17.0. The van der Waals surface area contributed by atoms with Crippen LogP contribution >= 0.6 is 0 Å². The number of hydrogen-bond donors (Lipinski definition) is 2. The van der Waals surface area contributed by atoms with Crippen molar-refractivity contribution in [3.63, 3.8) is 0 Å². The summed E-state index contributed by atoms with van der Waals surface area (Å²) in [5.41, 5.74) is -0.413. The second kappa shape index (κ2) is 9.99. The van der Waals surface area contributed by atoms with Gasteiger partial charge in [-0.1, -0.05) is 20.8 Å². The fourth-order valence-corrected chi connectivity index (χ4v) is 4.47. The molecule has 2 aromatic heterocycles. The minimum Gasteiger partial charge on any atom is -0.390 e. The van der Waals surface area contributed by atoms with Crippen LogP contribution in [0, 0.1) is 29.8 Å². The predicted octanol–water partition coefficient (Wildman–Crippen LogP) is 5.75. The van der Waals surface area contributed by atoms with Crippen molar-refractivity contribution in [1.82, 2.24) is 9.97 Å². The van der Waals surface area contributed by atoms with E-state index in [0.29, 0.717) is 29.7 Å². The second-order valence-corrected chi connectivity index (χ2v) is 10.1. The van der Waals surface area contributed by atoms with Crippen LogP contribution in [0.5, 0.6) is 0 Å². The van der Waals surface area contributed by atoms with E-state index in [9.17, 15) is 23.1 Å². The topological polar surface area (TPSA) is 84.3 Å². The zero-order valence-corrected chi connectivity index (χ0v) is 20.5. The Morgan fingerprint density at radius 2 is 1.78 bits per heavy atom. The number of carbonyl (C=O) groups excluding carboxylic acids is 1. The first-order valence-corrected chi connectivity index (χ1v) is 11.7. The van der Waals surface area contributed by atoms with Gasteiger partial charge < -0.3 is 15.2 Å². The average Bonchev–Trinajstić information content (AvgIpc) is 2.79. The van der Waals surface area contributed by atoms with Crippen molar-refractivity contribution in [3.8, 4) is 11.3 Å². The minimum atomic E-state index is -0.976. The van der Waals surface area contributed by atoms with Crippen LogP contribution in [0.15, 0.2) is 42.7 Å². The van der Waals surface area contributed by atoms with Crippen molar-refractivity contribution in [1.29, 1.82) is 0 Å². The second-order valence-electron chi connectivity index (χ2n) is 10.1. The van der Waals surface area contributed by atoms with Crippen molar-refractivity contribution < 1.29 is 27.8 Å². The van der Waals surface area contributed by atoms with Crippen LogP contribution < -0.4 is 5.32 Å². The van der Waals surface area contributed by atoms with Crippen LogP contribution in [-0.4, -0.2) is 33.2 Å². The van der Waals surface area contributed by atoms with E-state index in [1.807, 2.05) is 20.8 Å². The molecule has 6 nitrogen and oxygen atoms in total. The molecule has 1 aliphatic rings. The maximum Gasteiger partial charge on any atom is 0.274 e. The van der Waals surface area contributed by atoms with Crippen molar-refractivity contribution >= 4 is 11.6 Å². The summed E-state index contributed by atoms with van der Waals surface area (Å²) >= 11 is 0. The molecule has 4 rings (SSSR count). The number of aromatic nitrogens is 2. The van der Waals surface area contributed by atoms with E-state index in [0.717, 1.165) is 24.3 Å². The highest BCUT2D eigenvalue weighted by molar-refractivity contribution is 6.03. The number of nitrogens with zero attached hydrogens (tertiary/aromatic N) is 2. The van der Waals surface area contributed by atoms with E-state index >= 15 is 0 Å². The fraction of sp³-hybridized carbons (Fsp3) is 0.370. The number of anilines is 1. The van der Waals surface area contributed by atoms with Crippen LogP contribution in [0.3, 0.4) is 0 Å². The molecule has 2 N–H and O–H groups in total. The van der Waals surface area contributed by atoms with Crippen LogP contribution in [0.1, 0.15) is 61.3 Å². The average molecular weight is 500 g/mol. The van der Waals surface area contributed by atoms with Crippen LogP contribution in [0.25, 0.3) is 11.3 Å². The molecule has 190 valence electrons. The summed E-state index contributed by atoms with van der Waals surface area (Å²) in [5, 5.41) is 13.1. The third kappa shape index (κ3) is 5.27. The Morgan fingerprint density at radius 1 is 1.08 bits per heavy atom. The lowest BCUT2D eigenvalue weighted by molar-refractivity contribution is -0.160. The van der Waals surface area contributed by atoms with Gasteiger partial charge in [-0.2, -0.15) is 0 Å². The Balaban J connectivity index is 1.63. The van der Waals surface area contributed by atoms with Crippen molar-refractivity contribution in [2.24, 2.45) is 5.41 Å². The number of aliphatic hydroxyl groups is 1. The SMILES string of the molecule is Cc1cc(F)c(-c2nc(C(=O)Nc3cnccc3C3CCC(O)C(C(C)(C)C)O3)ccc2F)c(F)c1. The molecule has 3 atom stereocenters. The lowest BCUT2D eigenvalue weighted by Gasteiger charge is -2.41. The normalized spacial score (nSPS) is 20.3. The van der Waals surface area contributed by atoms with Crippen molar-refractivity contribution in [2.45, 2.75) is 58.8 Å². The highest BCUT2D eigenvalue weighted by Gasteiger charge is 2.39. The van der Waals surface area contributed by atoms with Crippen LogP contribution in [-0.2, 0) is 4.74 Å². The van der Waals surface area contributed by atoms with Gasteiger partial charge in [-0.05, 0) is 61.1 Å². The summed E-state index contributed by atoms with van der Waals surface area (Å²) in [6.45, 7) is 7.46. The lowest BCUT2D eigenvalue weighted by Crippen LogP contribution is -2.44. The van der Waals surface area contributed by atoms with E-state index in [-0.39, 0.29) is 11.1 Å². The highest BCUT2D eigenvalue weighted by Crippen LogP contribution is 2.40. The molecule has 1 amide bonds. The number of carbonyl (C=O) groups is 1. The van der Waals surface area contributed by atoms with E-state index in [2.05, 4.69) is 15.3 Å². The maximum absolute atomic E-state index is 14.5. The number of hydrogen-bond acceptors (Lipinski definition) is 5. The quantitative estimate of drug-likeness (QED) is 0.478. The third-order valence-electron chi connectivity index (χ3n) is 6.19. The van der Waals surface area contributed by atoms with Gasteiger partial charge in [0.1, 0.15) is 28.8 Å². The summed E-state index contributed by atoms with van der Waals surface area (Å²) < 4.78 is 49.7. The van der Waals surface area contributed by atoms with Gasteiger partial charge in [-0.3, -0.25) is 9.78 Å². The van der Waals surface area contributed by atoms with Gasteiger partial charge in [0, 0.05) is 11.8 Å². The molecule has 3 heterocycles. The first kappa shape index (κ1) is 25.8. The summed E-state index contributed by atoms with van der Waals surface area (Å²) in [4.78, 5) is 21.1. The van der Waals surface area contributed by atoms with Gasteiger partial charge in [0.25, 0.3) is 5.91 Å². The minimum absolute atomic E-state index is 0.229. The van der Waals surface area contributed by atoms with E-state index < -0.39 is 52.9 Å². The van der Waals surface area contributed by atoms with E-state index in [4.69, 9.17) is 4.74 Å². The zero-order valence-electron chi connectivity index (χ0n) is 20.5.